The van der Waals surface area contributed by atoms with Gasteiger partial charge >= 0.3 is 0 Å². The summed E-state index contributed by atoms with van der Waals surface area (Å²) in [6.07, 6.45) is -2.76. The van der Waals surface area contributed by atoms with Crippen molar-refractivity contribution in [2.45, 2.75) is 12.5 Å². The molecule has 2 nitrogen and oxygen atoms in total. The molecule has 0 saturated heterocycles. The molecule has 6 heteroatoms. The SMILES string of the molecule is NNC(c1cccc(Br)c1F)C(F)F. The van der Waals surface area contributed by atoms with Crippen molar-refractivity contribution in [3.05, 3.63) is 34.1 Å². The Morgan fingerprint density at radius 2 is 2.00 bits per heavy atom. The summed E-state index contributed by atoms with van der Waals surface area (Å²) >= 11 is 2.90. The predicted octanol–water partition coefficient (Wildman–Crippen LogP) is 2.36. The Labute approximate surface area is 87.4 Å². The molecule has 1 unspecified atom stereocenters. The number of alkyl halides is 2. The third-order valence-corrected chi connectivity index (χ3v) is 2.36. The highest BCUT2D eigenvalue weighted by Gasteiger charge is 2.24. The molecule has 1 aromatic carbocycles. The summed E-state index contributed by atoms with van der Waals surface area (Å²) in [6.45, 7) is 0. The first-order chi connectivity index (χ1) is 6.57. The molecule has 0 spiro atoms. The van der Waals surface area contributed by atoms with Gasteiger partial charge in [0.05, 0.1) is 4.47 Å². The quantitative estimate of drug-likeness (QED) is 0.653. The van der Waals surface area contributed by atoms with Crippen LogP contribution in [0.1, 0.15) is 11.6 Å². The molecule has 14 heavy (non-hydrogen) atoms. The van der Waals surface area contributed by atoms with Gasteiger partial charge in [-0.05, 0) is 22.0 Å². The third kappa shape index (κ3) is 2.26. The van der Waals surface area contributed by atoms with Crippen LogP contribution < -0.4 is 11.3 Å². The first-order valence-electron chi connectivity index (χ1n) is 3.76. The lowest BCUT2D eigenvalue weighted by atomic mass is 10.1. The van der Waals surface area contributed by atoms with Crippen LogP contribution in [0.15, 0.2) is 22.7 Å². The summed E-state index contributed by atoms with van der Waals surface area (Å²) in [5, 5.41) is 0. The van der Waals surface area contributed by atoms with Crippen LogP contribution in [0.25, 0.3) is 0 Å². The highest BCUT2D eigenvalue weighted by atomic mass is 79.9. The molecule has 0 aliphatic rings. The van der Waals surface area contributed by atoms with Gasteiger partial charge in [0.2, 0.25) is 0 Å². The van der Waals surface area contributed by atoms with Crippen molar-refractivity contribution in [2.75, 3.05) is 0 Å². The lowest BCUT2D eigenvalue weighted by Gasteiger charge is -2.16. The van der Waals surface area contributed by atoms with Gasteiger partial charge in [-0.15, -0.1) is 0 Å². The van der Waals surface area contributed by atoms with E-state index in [2.05, 4.69) is 15.9 Å². The molecule has 0 aliphatic heterocycles. The van der Waals surface area contributed by atoms with Crippen molar-refractivity contribution in [3.63, 3.8) is 0 Å². The van der Waals surface area contributed by atoms with Gasteiger partial charge in [-0.2, -0.15) is 0 Å². The minimum atomic E-state index is -2.76. The van der Waals surface area contributed by atoms with Crippen molar-refractivity contribution >= 4 is 15.9 Å². The molecule has 1 rings (SSSR count). The maximum absolute atomic E-state index is 13.3. The highest BCUT2D eigenvalue weighted by Crippen LogP contribution is 2.26. The fourth-order valence-corrected chi connectivity index (χ4v) is 1.44. The molecular formula is C8H8BrF3N2. The third-order valence-electron chi connectivity index (χ3n) is 1.75. The molecular weight excluding hydrogens is 261 g/mol. The summed E-state index contributed by atoms with van der Waals surface area (Å²) in [5.74, 6) is 4.19. The van der Waals surface area contributed by atoms with Crippen LogP contribution >= 0.6 is 15.9 Å². The standard InChI is InChI=1S/C8H8BrF3N2/c9-5-3-1-2-4(6(5)10)7(14-13)8(11)12/h1-3,7-8,14H,13H2. The number of nitrogens with one attached hydrogen (secondary N) is 1. The van der Waals surface area contributed by atoms with Crippen molar-refractivity contribution in [1.29, 1.82) is 0 Å². The molecule has 3 N–H and O–H groups in total. The topological polar surface area (TPSA) is 38.0 Å². The van der Waals surface area contributed by atoms with Crippen LogP contribution in [-0.4, -0.2) is 6.43 Å². The second-order valence-electron chi connectivity index (χ2n) is 2.62. The molecule has 0 saturated carbocycles. The van der Waals surface area contributed by atoms with E-state index in [0.29, 0.717) is 0 Å². The summed E-state index contributed by atoms with van der Waals surface area (Å²) in [6, 6.07) is 2.66. The van der Waals surface area contributed by atoms with E-state index < -0.39 is 18.3 Å². The summed E-state index contributed by atoms with van der Waals surface area (Å²) in [4.78, 5) is 0. The van der Waals surface area contributed by atoms with E-state index >= 15 is 0 Å². The van der Waals surface area contributed by atoms with E-state index in [1.54, 1.807) is 0 Å². The minimum Gasteiger partial charge on any atom is -0.271 e. The van der Waals surface area contributed by atoms with E-state index in [1.165, 1.54) is 18.2 Å². The Morgan fingerprint density at radius 3 is 2.50 bits per heavy atom. The molecule has 0 aromatic heterocycles. The van der Waals surface area contributed by atoms with Crippen molar-refractivity contribution in [2.24, 2.45) is 5.84 Å². The second-order valence-corrected chi connectivity index (χ2v) is 3.48. The first kappa shape index (κ1) is 11.5. The van der Waals surface area contributed by atoms with E-state index in [0.717, 1.165) is 0 Å². The lowest BCUT2D eigenvalue weighted by molar-refractivity contribution is 0.0968. The van der Waals surface area contributed by atoms with Gasteiger partial charge in [-0.25, -0.2) is 18.6 Å². The van der Waals surface area contributed by atoms with Gasteiger partial charge in [-0.3, -0.25) is 5.84 Å². The number of hydrogen-bond acceptors (Lipinski definition) is 2. The summed E-state index contributed by atoms with van der Waals surface area (Å²) in [7, 11) is 0. The van der Waals surface area contributed by atoms with Crippen LogP contribution in [0.3, 0.4) is 0 Å². The fourth-order valence-electron chi connectivity index (χ4n) is 1.06. The summed E-state index contributed by atoms with van der Waals surface area (Å²) in [5.41, 5.74) is 1.72. The van der Waals surface area contributed by atoms with Gasteiger partial charge in [0.1, 0.15) is 11.9 Å². The number of hydrogen-bond donors (Lipinski definition) is 2. The van der Waals surface area contributed by atoms with Gasteiger partial charge in [0.25, 0.3) is 6.43 Å². The average molecular weight is 269 g/mol. The van der Waals surface area contributed by atoms with E-state index in [9.17, 15) is 13.2 Å². The lowest BCUT2D eigenvalue weighted by Crippen LogP contribution is -2.33. The molecule has 78 valence electrons. The molecule has 0 radical (unpaired) electrons. The molecule has 0 bridgehead atoms. The van der Waals surface area contributed by atoms with Crippen LogP contribution in [0.5, 0.6) is 0 Å². The average Bonchev–Trinajstić information content (AvgIpc) is 2.13. The molecule has 1 atom stereocenters. The van der Waals surface area contributed by atoms with E-state index in [-0.39, 0.29) is 10.0 Å². The normalized spacial score (nSPS) is 13.3. The number of hydrazine groups is 1. The van der Waals surface area contributed by atoms with Crippen LogP contribution in [0.4, 0.5) is 13.2 Å². The Bertz CT molecular complexity index is 319. The number of nitrogens with two attached hydrogens (primary N) is 1. The Kier molecular flexibility index (Phi) is 3.91. The zero-order valence-electron chi connectivity index (χ0n) is 6.98. The van der Waals surface area contributed by atoms with E-state index in [4.69, 9.17) is 5.84 Å². The Hall–Kier alpha value is -0.590. The molecule has 0 amide bonds. The predicted molar refractivity (Wildman–Crippen MR) is 50.2 cm³/mol. The molecule has 0 aliphatic carbocycles. The van der Waals surface area contributed by atoms with Gasteiger partial charge in [0.15, 0.2) is 0 Å². The van der Waals surface area contributed by atoms with Crippen LogP contribution in [0, 0.1) is 5.82 Å². The molecule has 0 heterocycles. The smallest absolute Gasteiger partial charge is 0.259 e. The van der Waals surface area contributed by atoms with Crippen LogP contribution in [-0.2, 0) is 0 Å². The second kappa shape index (κ2) is 4.77. The maximum Gasteiger partial charge on any atom is 0.259 e. The molecule has 1 aromatic rings. The summed E-state index contributed by atoms with van der Waals surface area (Å²) < 4.78 is 38.2. The van der Waals surface area contributed by atoms with Crippen LogP contribution in [0.2, 0.25) is 0 Å². The zero-order valence-corrected chi connectivity index (χ0v) is 8.56. The van der Waals surface area contributed by atoms with Crippen molar-refractivity contribution in [3.8, 4) is 0 Å². The monoisotopic (exact) mass is 268 g/mol. The largest absolute Gasteiger partial charge is 0.271 e. The van der Waals surface area contributed by atoms with Crippen molar-refractivity contribution in [1.82, 2.24) is 5.43 Å². The highest BCUT2D eigenvalue weighted by molar-refractivity contribution is 9.10. The molecule has 0 fully saturated rings. The van der Waals surface area contributed by atoms with Gasteiger partial charge in [-0.1, -0.05) is 12.1 Å². The maximum atomic E-state index is 13.3. The Morgan fingerprint density at radius 1 is 1.36 bits per heavy atom. The van der Waals surface area contributed by atoms with E-state index in [1.807, 2.05) is 5.43 Å². The Balaban J connectivity index is 3.10. The first-order valence-corrected chi connectivity index (χ1v) is 4.55. The zero-order chi connectivity index (χ0) is 10.7. The minimum absolute atomic E-state index is 0.135. The number of rotatable bonds is 3. The number of benzene rings is 1. The van der Waals surface area contributed by atoms with Crippen molar-refractivity contribution < 1.29 is 13.2 Å². The number of halogens is 4. The van der Waals surface area contributed by atoms with Gasteiger partial charge in [0, 0.05) is 5.56 Å². The fraction of sp³-hybridized carbons (Fsp3) is 0.250. The van der Waals surface area contributed by atoms with Gasteiger partial charge < -0.3 is 0 Å².